The molecule has 0 aliphatic carbocycles. The third-order valence-electron chi connectivity index (χ3n) is 6.10. The minimum atomic E-state index is -3.99. The number of aryl methyl sites for hydroxylation is 2. The molecule has 34 heavy (non-hydrogen) atoms. The van der Waals surface area contributed by atoms with Gasteiger partial charge in [0.1, 0.15) is 10.7 Å². The van der Waals surface area contributed by atoms with Crippen molar-refractivity contribution < 1.29 is 17.2 Å². The summed E-state index contributed by atoms with van der Waals surface area (Å²) in [5.74, 6) is 0.554. The largest absolute Gasteiger partial charge is 0.354 e. The van der Waals surface area contributed by atoms with Crippen LogP contribution in [0.5, 0.6) is 0 Å². The van der Waals surface area contributed by atoms with Gasteiger partial charge in [0.05, 0.1) is 17.6 Å². The van der Waals surface area contributed by atoms with Crippen LogP contribution in [0.1, 0.15) is 29.8 Å². The summed E-state index contributed by atoms with van der Waals surface area (Å²) in [5.41, 5.74) is 2.44. The van der Waals surface area contributed by atoms with Crippen molar-refractivity contribution in [2.75, 3.05) is 31.1 Å². The highest BCUT2D eigenvalue weighted by Crippen LogP contribution is 2.24. The first-order valence-corrected chi connectivity index (χ1v) is 12.3. The van der Waals surface area contributed by atoms with Crippen LogP contribution in [0.4, 0.5) is 14.6 Å². The molecular formula is C22H26F2N6O3S. The summed E-state index contributed by atoms with van der Waals surface area (Å²) in [7, 11) is -3.99. The van der Waals surface area contributed by atoms with Crippen LogP contribution in [0.3, 0.4) is 0 Å². The fourth-order valence-corrected chi connectivity index (χ4v) is 5.59. The number of halogens is 2. The number of hydrogen-bond acceptors (Lipinski definition) is 6. The molecular weight excluding hydrogens is 466 g/mol. The van der Waals surface area contributed by atoms with Gasteiger partial charge in [-0.15, -0.1) is 5.10 Å². The van der Waals surface area contributed by atoms with Crippen molar-refractivity contribution in [3.05, 3.63) is 63.7 Å². The van der Waals surface area contributed by atoms with Gasteiger partial charge in [0.2, 0.25) is 10.0 Å². The van der Waals surface area contributed by atoms with Gasteiger partial charge in [0, 0.05) is 32.2 Å². The number of aromatic nitrogens is 4. The number of alkyl halides is 2. The molecule has 0 N–H and O–H groups in total. The molecule has 1 aliphatic rings. The van der Waals surface area contributed by atoms with E-state index in [0.717, 1.165) is 17.3 Å². The topological polar surface area (TPSA) is 93.3 Å². The summed E-state index contributed by atoms with van der Waals surface area (Å²) < 4.78 is 55.4. The molecule has 1 aliphatic heterocycles. The third kappa shape index (κ3) is 4.47. The highest BCUT2D eigenvalue weighted by atomic mass is 32.2. The second kappa shape index (κ2) is 9.26. The Morgan fingerprint density at radius 3 is 2.41 bits per heavy atom. The first kappa shape index (κ1) is 24.0. The van der Waals surface area contributed by atoms with Crippen molar-refractivity contribution in [2.45, 2.75) is 38.6 Å². The van der Waals surface area contributed by atoms with E-state index in [1.165, 1.54) is 22.0 Å². The van der Waals surface area contributed by atoms with E-state index in [0.29, 0.717) is 35.7 Å². The number of benzene rings is 1. The van der Waals surface area contributed by atoms with Crippen molar-refractivity contribution >= 4 is 15.8 Å². The van der Waals surface area contributed by atoms with E-state index in [-0.39, 0.29) is 29.2 Å². The lowest BCUT2D eigenvalue weighted by Crippen LogP contribution is -2.36. The molecule has 4 rings (SSSR count). The van der Waals surface area contributed by atoms with Gasteiger partial charge in [-0.2, -0.15) is 22.9 Å². The van der Waals surface area contributed by atoms with Gasteiger partial charge in [-0.3, -0.25) is 4.79 Å². The molecule has 3 heterocycles. The van der Waals surface area contributed by atoms with Gasteiger partial charge < -0.3 is 4.90 Å². The highest BCUT2D eigenvalue weighted by molar-refractivity contribution is 7.89. The SMILES string of the molecule is Cc1ccc(-n2nc(N3CCCN(S(=O)(=O)c4cnn(C(F)F)c4C)CC3)ccc2=O)cc1C. The van der Waals surface area contributed by atoms with Crippen molar-refractivity contribution in [3.63, 3.8) is 0 Å². The fourth-order valence-electron chi connectivity index (χ4n) is 3.97. The summed E-state index contributed by atoms with van der Waals surface area (Å²) in [6.07, 6.45) is 1.48. The van der Waals surface area contributed by atoms with E-state index >= 15 is 0 Å². The van der Waals surface area contributed by atoms with Gasteiger partial charge in [0.15, 0.2) is 0 Å². The first-order valence-electron chi connectivity index (χ1n) is 10.8. The molecule has 9 nitrogen and oxygen atoms in total. The van der Waals surface area contributed by atoms with E-state index in [2.05, 4.69) is 10.2 Å². The van der Waals surface area contributed by atoms with E-state index in [4.69, 9.17) is 0 Å². The number of hydrogen-bond donors (Lipinski definition) is 0. The molecule has 1 fully saturated rings. The van der Waals surface area contributed by atoms with Crippen molar-refractivity contribution in [3.8, 4) is 5.69 Å². The summed E-state index contributed by atoms with van der Waals surface area (Å²) in [6.45, 7) is 3.59. The average molecular weight is 493 g/mol. The molecule has 1 aromatic carbocycles. The molecule has 3 aromatic rings. The predicted molar refractivity (Wildman–Crippen MR) is 123 cm³/mol. The molecule has 0 amide bonds. The third-order valence-corrected chi connectivity index (χ3v) is 8.10. The number of anilines is 1. The maximum absolute atomic E-state index is 13.1. The van der Waals surface area contributed by atoms with Crippen LogP contribution in [0, 0.1) is 20.8 Å². The van der Waals surface area contributed by atoms with Gasteiger partial charge in [-0.1, -0.05) is 6.07 Å². The summed E-state index contributed by atoms with van der Waals surface area (Å²) in [4.78, 5) is 14.2. The van der Waals surface area contributed by atoms with Crippen molar-refractivity contribution in [2.24, 2.45) is 0 Å². The number of sulfonamides is 1. The van der Waals surface area contributed by atoms with Gasteiger partial charge in [0.25, 0.3) is 5.56 Å². The molecule has 0 bridgehead atoms. The second-order valence-corrected chi connectivity index (χ2v) is 10.2. The van der Waals surface area contributed by atoms with Crippen molar-refractivity contribution in [1.29, 1.82) is 0 Å². The van der Waals surface area contributed by atoms with Crippen LogP contribution in [0.25, 0.3) is 5.69 Å². The number of nitrogens with zero attached hydrogens (tertiary/aromatic N) is 6. The van der Waals surface area contributed by atoms with E-state index in [9.17, 15) is 22.0 Å². The van der Waals surface area contributed by atoms with Gasteiger partial charge >= 0.3 is 6.55 Å². The zero-order valence-corrected chi connectivity index (χ0v) is 20.0. The molecule has 0 atom stereocenters. The summed E-state index contributed by atoms with van der Waals surface area (Å²) in [5, 5.41) is 8.06. The zero-order chi connectivity index (χ0) is 24.6. The monoisotopic (exact) mass is 492 g/mol. The van der Waals surface area contributed by atoms with Gasteiger partial charge in [-0.05, 0) is 56.5 Å². The maximum atomic E-state index is 13.1. The Hall–Kier alpha value is -3.12. The summed E-state index contributed by atoms with van der Waals surface area (Å²) in [6, 6.07) is 8.73. The normalized spacial score (nSPS) is 15.6. The molecule has 0 saturated carbocycles. The molecule has 182 valence electrons. The Morgan fingerprint density at radius 2 is 1.74 bits per heavy atom. The smallest absolute Gasteiger partial charge is 0.333 e. The highest BCUT2D eigenvalue weighted by Gasteiger charge is 2.31. The quantitative estimate of drug-likeness (QED) is 0.544. The van der Waals surface area contributed by atoms with Crippen LogP contribution in [-0.2, 0) is 10.0 Å². The van der Waals surface area contributed by atoms with Gasteiger partial charge in [-0.25, -0.2) is 13.1 Å². The lowest BCUT2D eigenvalue weighted by atomic mass is 10.1. The maximum Gasteiger partial charge on any atom is 0.333 e. The number of rotatable bonds is 5. The Morgan fingerprint density at radius 1 is 0.971 bits per heavy atom. The Kier molecular flexibility index (Phi) is 6.54. The van der Waals surface area contributed by atoms with Crippen LogP contribution in [0.2, 0.25) is 0 Å². The lowest BCUT2D eigenvalue weighted by Gasteiger charge is -2.23. The van der Waals surface area contributed by atoms with Crippen LogP contribution in [-0.4, -0.2) is 58.5 Å². The van der Waals surface area contributed by atoms with E-state index in [1.807, 2.05) is 36.9 Å². The van der Waals surface area contributed by atoms with Crippen LogP contribution < -0.4 is 10.5 Å². The molecule has 1 saturated heterocycles. The van der Waals surface area contributed by atoms with Crippen LogP contribution >= 0.6 is 0 Å². The molecule has 2 aromatic heterocycles. The lowest BCUT2D eigenvalue weighted by molar-refractivity contribution is 0.0541. The standard InChI is InChI=1S/C22H26F2N6O3S/c1-15-5-6-18(13-16(15)2)30-21(31)8-7-20(26-30)27-9-4-10-28(12-11-27)34(32,33)19-14-25-29(17(19)3)22(23)24/h5-8,13-14,22H,4,9-12H2,1-3H3. The van der Waals surface area contributed by atoms with E-state index in [1.54, 1.807) is 6.07 Å². The van der Waals surface area contributed by atoms with E-state index < -0.39 is 16.6 Å². The Balaban J connectivity index is 1.57. The van der Waals surface area contributed by atoms with Crippen molar-refractivity contribution in [1.82, 2.24) is 23.9 Å². The average Bonchev–Trinajstić information content (AvgIpc) is 3.02. The minimum Gasteiger partial charge on any atom is -0.354 e. The molecule has 12 heteroatoms. The summed E-state index contributed by atoms with van der Waals surface area (Å²) >= 11 is 0. The molecule has 0 radical (unpaired) electrons. The molecule has 0 unspecified atom stereocenters. The molecule has 0 spiro atoms. The zero-order valence-electron chi connectivity index (χ0n) is 19.1. The van der Waals surface area contributed by atoms with Crippen LogP contribution in [0.15, 0.2) is 46.2 Å². The first-order chi connectivity index (χ1) is 16.1. The minimum absolute atomic E-state index is 0.0989. The second-order valence-electron chi connectivity index (χ2n) is 8.27. The Labute approximate surface area is 196 Å². The fraction of sp³-hybridized carbons (Fsp3) is 0.409. The Bertz CT molecular complexity index is 1370. The predicted octanol–water partition coefficient (Wildman–Crippen LogP) is 2.65.